The van der Waals surface area contributed by atoms with E-state index in [9.17, 15) is 9.59 Å². The molecule has 0 saturated carbocycles. The predicted octanol–water partition coefficient (Wildman–Crippen LogP) is 6.62. The van der Waals surface area contributed by atoms with Crippen molar-refractivity contribution < 1.29 is 18.7 Å². The molecule has 0 aliphatic rings. The summed E-state index contributed by atoms with van der Waals surface area (Å²) in [5, 5.41) is 0.829. The molecule has 0 bridgehead atoms. The summed E-state index contributed by atoms with van der Waals surface area (Å²) in [5.74, 6) is 0.707. The van der Waals surface area contributed by atoms with Crippen LogP contribution in [0.4, 0.5) is 0 Å². The molecule has 0 fully saturated rings. The molecule has 0 N–H and O–H groups in total. The second-order valence-corrected chi connectivity index (χ2v) is 8.22. The summed E-state index contributed by atoms with van der Waals surface area (Å²) < 4.78 is 11.9. The van der Waals surface area contributed by atoms with E-state index in [-0.39, 0.29) is 5.92 Å². The first-order chi connectivity index (χ1) is 15.1. The van der Waals surface area contributed by atoms with Gasteiger partial charge < -0.3 is 13.9 Å². The highest BCUT2D eigenvalue weighted by Crippen LogP contribution is 2.38. The molecule has 1 heterocycles. The van der Waals surface area contributed by atoms with E-state index >= 15 is 0 Å². The molecule has 0 radical (unpaired) electrons. The van der Waals surface area contributed by atoms with E-state index in [1.54, 1.807) is 6.26 Å². The van der Waals surface area contributed by atoms with Crippen LogP contribution in [-0.4, -0.2) is 19.2 Å². The molecule has 0 saturated heterocycles. The van der Waals surface area contributed by atoms with Gasteiger partial charge in [-0.05, 0) is 42.0 Å². The fourth-order valence-electron chi connectivity index (χ4n) is 3.90. The van der Waals surface area contributed by atoms with Crippen LogP contribution >= 0.6 is 0 Å². The monoisotopic (exact) mass is 418 g/mol. The highest BCUT2D eigenvalue weighted by atomic mass is 16.5. The molecule has 3 aromatic rings. The largest absolute Gasteiger partial charge is 0.488 e. The van der Waals surface area contributed by atoms with Gasteiger partial charge in [0.2, 0.25) is 0 Å². The normalized spacial score (nSPS) is 12.5. The number of aldehydes is 2. The van der Waals surface area contributed by atoms with Crippen LogP contribution < -0.4 is 4.74 Å². The lowest BCUT2D eigenvalue weighted by molar-refractivity contribution is -0.109. The molecule has 31 heavy (non-hydrogen) atoms. The van der Waals surface area contributed by atoms with E-state index in [4.69, 9.17) is 9.15 Å². The molecule has 3 rings (SSSR count). The second kappa shape index (κ2) is 10.8. The first-order valence-electron chi connectivity index (χ1n) is 10.9. The zero-order chi connectivity index (χ0) is 22.2. The maximum Gasteiger partial charge on any atom is 0.157 e. The van der Waals surface area contributed by atoms with Crippen LogP contribution in [0, 0.1) is 5.92 Å². The predicted molar refractivity (Wildman–Crippen MR) is 125 cm³/mol. The van der Waals surface area contributed by atoms with E-state index in [0.29, 0.717) is 29.4 Å². The maximum absolute atomic E-state index is 12.1. The average molecular weight is 419 g/mol. The molecule has 0 spiro atoms. The van der Waals surface area contributed by atoms with Crippen molar-refractivity contribution >= 4 is 29.6 Å². The molecular weight excluding hydrogens is 388 g/mol. The topological polar surface area (TPSA) is 56.5 Å². The van der Waals surface area contributed by atoms with Gasteiger partial charge in [-0.1, -0.05) is 63.6 Å². The first-order valence-corrected chi connectivity index (χ1v) is 10.9. The minimum absolute atomic E-state index is 0.238. The van der Waals surface area contributed by atoms with Crippen LogP contribution in [0.2, 0.25) is 0 Å². The molecule has 0 aliphatic heterocycles. The maximum atomic E-state index is 12.1. The van der Waals surface area contributed by atoms with E-state index in [0.717, 1.165) is 53.9 Å². The number of benzene rings is 2. The Labute approximate surface area is 183 Å². The number of hydrogen-bond donors (Lipinski definition) is 0. The van der Waals surface area contributed by atoms with Gasteiger partial charge in [-0.25, -0.2) is 0 Å². The van der Waals surface area contributed by atoms with Crippen molar-refractivity contribution in [2.75, 3.05) is 6.61 Å². The SMILES string of the molecule is CCCC(C=O)c1coc2c(C=O)c(OC/C=C/c3ccccc3)c(CC(C)C)cc12. The third kappa shape index (κ3) is 5.32. The molecule has 1 aromatic heterocycles. The molecule has 0 amide bonds. The van der Waals surface area contributed by atoms with Crippen molar-refractivity contribution in [1.29, 1.82) is 0 Å². The molecule has 2 aromatic carbocycles. The summed E-state index contributed by atoms with van der Waals surface area (Å²) in [6, 6.07) is 12.0. The Hall–Kier alpha value is -3.14. The fourth-order valence-corrected chi connectivity index (χ4v) is 3.90. The van der Waals surface area contributed by atoms with Crippen molar-refractivity contribution in [3.05, 3.63) is 71.0 Å². The Kier molecular flexibility index (Phi) is 7.82. The number of hydrogen-bond acceptors (Lipinski definition) is 4. The molecule has 4 heteroatoms. The van der Waals surface area contributed by atoms with Crippen molar-refractivity contribution in [2.24, 2.45) is 5.92 Å². The van der Waals surface area contributed by atoms with Gasteiger partial charge in [0, 0.05) is 16.9 Å². The Morgan fingerprint density at radius 1 is 1.13 bits per heavy atom. The van der Waals surface area contributed by atoms with Crippen molar-refractivity contribution in [2.45, 2.75) is 46.0 Å². The summed E-state index contributed by atoms with van der Waals surface area (Å²) in [4.78, 5) is 23.7. The Bertz CT molecular complexity index is 1040. The molecule has 0 aliphatic carbocycles. The van der Waals surface area contributed by atoms with E-state index < -0.39 is 0 Å². The summed E-state index contributed by atoms with van der Waals surface area (Å²) >= 11 is 0. The van der Waals surface area contributed by atoms with Gasteiger partial charge in [0.1, 0.15) is 24.2 Å². The van der Waals surface area contributed by atoms with Crippen molar-refractivity contribution in [3.63, 3.8) is 0 Å². The van der Waals surface area contributed by atoms with Crippen LogP contribution in [0.15, 0.2) is 53.2 Å². The van der Waals surface area contributed by atoms with E-state index in [2.05, 4.69) is 20.8 Å². The number of ether oxygens (including phenoxy) is 1. The van der Waals surface area contributed by atoms with Gasteiger partial charge in [0.25, 0.3) is 0 Å². The van der Waals surface area contributed by atoms with Crippen molar-refractivity contribution in [1.82, 2.24) is 0 Å². The zero-order valence-corrected chi connectivity index (χ0v) is 18.5. The molecule has 1 atom stereocenters. The third-order valence-corrected chi connectivity index (χ3v) is 5.30. The lowest BCUT2D eigenvalue weighted by Crippen LogP contribution is -2.05. The quantitative estimate of drug-likeness (QED) is 0.328. The van der Waals surface area contributed by atoms with Crippen LogP contribution in [0.1, 0.15) is 66.6 Å². The summed E-state index contributed by atoms with van der Waals surface area (Å²) in [7, 11) is 0. The van der Waals surface area contributed by atoms with Gasteiger partial charge in [0.15, 0.2) is 6.29 Å². The number of furan rings is 1. The van der Waals surface area contributed by atoms with Gasteiger partial charge in [0.05, 0.1) is 11.8 Å². The first kappa shape index (κ1) is 22.5. The van der Waals surface area contributed by atoms with Crippen LogP contribution in [0.25, 0.3) is 17.0 Å². The number of carbonyl (C=O) groups excluding carboxylic acids is 2. The van der Waals surface area contributed by atoms with Gasteiger partial charge >= 0.3 is 0 Å². The van der Waals surface area contributed by atoms with E-state index in [1.807, 2.05) is 48.6 Å². The number of fused-ring (bicyclic) bond motifs is 1. The lowest BCUT2D eigenvalue weighted by atomic mass is 9.92. The fraction of sp³-hybridized carbons (Fsp3) is 0.333. The van der Waals surface area contributed by atoms with Crippen LogP contribution in [-0.2, 0) is 11.2 Å². The molecular formula is C27H30O4. The van der Waals surface area contributed by atoms with Crippen LogP contribution in [0.3, 0.4) is 0 Å². The highest BCUT2D eigenvalue weighted by molar-refractivity contribution is 6.00. The summed E-state index contributed by atoms with van der Waals surface area (Å²) in [6.07, 6.45) is 9.71. The minimum Gasteiger partial charge on any atom is -0.488 e. The van der Waals surface area contributed by atoms with Crippen molar-refractivity contribution in [3.8, 4) is 5.75 Å². The summed E-state index contributed by atoms with van der Waals surface area (Å²) in [5.41, 5.74) is 3.79. The Morgan fingerprint density at radius 3 is 2.55 bits per heavy atom. The van der Waals surface area contributed by atoms with Gasteiger partial charge in [-0.15, -0.1) is 0 Å². The smallest absolute Gasteiger partial charge is 0.157 e. The zero-order valence-electron chi connectivity index (χ0n) is 18.5. The number of carbonyl (C=O) groups is 2. The lowest BCUT2D eigenvalue weighted by Gasteiger charge is -2.16. The Balaban J connectivity index is 1.99. The molecule has 162 valence electrons. The average Bonchev–Trinajstić information content (AvgIpc) is 3.18. The molecule has 4 nitrogen and oxygen atoms in total. The Morgan fingerprint density at radius 2 is 1.90 bits per heavy atom. The third-order valence-electron chi connectivity index (χ3n) is 5.30. The van der Waals surface area contributed by atoms with E-state index in [1.165, 1.54) is 0 Å². The standard InChI is InChI=1S/C27H30O4/c1-4-9-21(16-28)25-18-31-27-23(25)15-22(14-19(2)3)26(24(27)17-29)30-13-8-12-20-10-6-5-7-11-20/h5-8,10-12,15-19,21H,4,9,13-14H2,1-3H3/b12-8+. The van der Waals surface area contributed by atoms with Gasteiger partial charge in [-0.2, -0.15) is 0 Å². The summed E-state index contributed by atoms with van der Waals surface area (Å²) in [6.45, 7) is 6.65. The van der Waals surface area contributed by atoms with Gasteiger partial charge in [-0.3, -0.25) is 4.79 Å². The number of rotatable bonds is 11. The second-order valence-electron chi connectivity index (χ2n) is 8.22. The van der Waals surface area contributed by atoms with Crippen LogP contribution in [0.5, 0.6) is 5.75 Å². The minimum atomic E-state index is -0.238. The molecule has 1 unspecified atom stereocenters. The highest BCUT2D eigenvalue weighted by Gasteiger charge is 2.23.